The minimum atomic E-state index is 0.0531. The molecule has 1 aliphatic carbocycles. The van der Waals surface area contributed by atoms with Crippen molar-refractivity contribution in [3.63, 3.8) is 0 Å². The Bertz CT molecular complexity index is 431. The molecule has 2 rings (SSSR count). The third-order valence-electron chi connectivity index (χ3n) is 2.76. The van der Waals surface area contributed by atoms with E-state index in [0.29, 0.717) is 17.2 Å². The van der Waals surface area contributed by atoms with Gasteiger partial charge in [0.2, 0.25) is 0 Å². The maximum absolute atomic E-state index is 8.55. The maximum atomic E-state index is 8.55. The lowest BCUT2D eigenvalue weighted by Gasteiger charge is -2.07. The molecular weight excluding hydrogens is 240 g/mol. The largest absolute Gasteiger partial charge is 0.409 e. The number of ether oxygens (including phenoxy) is 1. The van der Waals surface area contributed by atoms with Gasteiger partial charge in [0.25, 0.3) is 0 Å². The van der Waals surface area contributed by atoms with Gasteiger partial charge in [-0.2, -0.15) is 0 Å². The first-order chi connectivity index (χ1) is 8.20. The molecule has 17 heavy (non-hydrogen) atoms. The number of nitrogens with zero attached hydrogens (tertiary/aromatic N) is 1. The van der Waals surface area contributed by atoms with Crippen molar-refractivity contribution in [2.75, 3.05) is 6.61 Å². The van der Waals surface area contributed by atoms with Crippen molar-refractivity contribution in [1.82, 2.24) is 0 Å². The minimum absolute atomic E-state index is 0.0531. The van der Waals surface area contributed by atoms with Crippen LogP contribution in [0.5, 0.6) is 0 Å². The number of hydrogen-bond acceptors (Lipinski definition) is 3. The van der Waals surface area contributed by atoms with E-state index in [0.717, 1.165) is 18.1 Å². The summed E-state index contributed by atoms with van der Waals surface area (Å²) in [5.74, 6) is 0.794. The fourth-order valence-corrected chi connectivity index (χ4v) is 1.74. The molecule has 0 amide bonds. The van der Waals surface area contributed by atoms with E-state index >= 15 is 0 Å². The van der Waals surface area contributed by atoms with E-state index < -0.39 is 0 Å². The summed E-state index contributed by atoms with van der Waals surface area (Å²) in [5, 5.41) is 12.1. The van der Waals surface area contributed by atoms with Gasteiger partial charge in [-0.15, -0.1) is 0 Å². The molecule has 1 fully saturated rings. The summed E-state index contributed by atoms with van der Waals surface area (Å²) in [6.07, 6.45) is 2.55. The minimum Gasteiger partial charge on any atom is -0.409 e. The number of benzene rings is 1. The molecule has 1 aromatic rings. The first kappa shape index (κ1) is 12.2. The van der Waals surface area contributed by atoms with Gasteiger partial charge in [0, 0.05) is 17.2 Å². The summed E-state index contributed by atoms with van der Waals surface area (Å²) in [5.41, 5.74) is 6.99. The van der Waals surface area contributed by atoms with Crippen molar-refractivity contribution < 1.29 is 9.94 Å². The number of oxime groups is 1. The van der Waals surface area contributed by atoms with E-state index in [1.807, 2.05) is 6.07 Å². The SMILES string of the molecule is N/C(=N/O)c1ccc(COCC2CC2)c(Cl)c1. The highest BCUT2D eigenvalue weighted by molar-refractivity contribution is 6.31. The maximum Gasteiger partial charge on any atom is 0.170 e. The van der Waals surface area contributed by atoms with E-state index in [-0.39, 0.29) is 5.84 Å². The van der Waals surface area contributed by atoms with Crippen LogP contribution in [0, 0.1) is 5.92 Å². The van der Waals surface area contributed by atoms with Crippen LogP contribution in [0.2, 0.25) is 5.02 Å². The van der Waals surface area contributed by atoms with E-state index in [1.165, 1.54) is 12.8 Å². The monoisotopic (exact) mass is 254 g/mol. The summed E-state index contributed by atoms with van der Waals surface area (Å²) in [7, 11) is 0. The number of halogens is 1. The average Bonchev–Trinajstić information content (AvgIpc) is 3.14. The van der Waals surface area contributed by atoms with Crippen LogP contribution in [0.1, 0.15) is 24.0 Å². The number of nitrogens with two attached hydrogens (primary N) is 1. The van der Waals surface area contributed by atoms with Crippen LogP contribution in [0.4, 0.5) is 0 Å². The third kappa shape index (κ3) is 3.35. The quantitative estimate of drug-likeness (QED) is 0.367. The molecule has 0 unspecified atom stereocenters. The molecule has 92 valence electrons. The molecule has 0 atom stereocenters. The first-order valence-corrected chi connectivity index (χ1v) is 5.92. The summed E-state index contributed by atoms with van der Waals surface area (Å²) in [6, 6.07) is 5.27. The van der Waals surface area contributed by atoms with Gasteiger partial charge in [0.05, 0.1) is 6.61 Å². The predicted octanol–water partition coefficient (Wildman–Crippen LogP) is 2.36. The van der Waals surface area contributed by atoms with Crippen LogP contribution in [0.15, 0.2) is 23.4 Å². The van der Waals surface area contributed by atoms with Crippen molar-refractivity contribution >= 4 is 17.4 Å². The van der Waals surface area contributed by atoms with Gasteiger partial charge in [-0.25, -0.2) is 0 Å². The van der Waals surface area contributed by atoms with E-state index in [1.54, 1.807) is 12.1 Å². The zero-order chi connectivity index (χ0) is 12.3. The summed E-state index contributed by atoms with van der Waals surface area (Å²) in [4.78, 5) is 0. The van der Waals surface area contributed by atoms with Gasteiger partial charge in [0.15, 0.2) is 5.84 Å². The highest BCUT2D eigenvalue weighted by Gasteiger charge is 2.21. The Kier molecular flexibility index (Phi) is 3.86. The molecule has 1 aromatic carbocycles. The van der Waals surface area contributed by atoms with Crippen LogP contribution < -0.4 is 5.73 Å². The topological polar surface area (TPSA) is 67.8 Å². The number of hydrogen-bond donors (Lipinski definition) is 2. The molecule has 0 saturated heterocycles. The Morgan fingerprint density at radius 1 is 1.53 bits per heavy atom. The molecule has 0 heterocycles. The Labute approximate surface area is 105 Å². The van der Waals surface area contributed by atoms with Gasteiger partial charge in [-0.3, -0.25) is 0 Å². The third-order valence-corrected chi connectivity index (χ3v) is 3.12. The second kappa shape index (κ2) is 5.38. The molecule has 0 bridgehead atoms. The summed E-state index contributed by atoms with van der Waals surface area (Å²) in [6.45, 7) is 1.31. The van der Waals surface area contributed by atoms with Gasteiger partial charge < -0.3 is 15.7 Å². The van der Waals surface area contributed by atoms with Crippen molar-refractivity contribution in [2.24, 2.45) is 16.8 Å². The molecular formula is C12H15ClN2O2. The van der Waals surface area contributed by atoms with E-state index in [4.69, 9.17) is 27.3 Å². The lowest BCUT2D eigenvalue weighted by molar-refractivity contribution is 0.111. The molecule has 3 N–H and O–H groups in total. The molecule has 1 aliphatic rings. The van der Waals surface area contributed by atoms with Crippen LogP contribution >= 0.6 is 11.6 Å². The molecule has 4 nitrogen and oxygen atoms in total. The molecule has 0 spiro atoms. The highest BCUT2D eigenvalue weighted by atomic mass is 35.5. The lowest BCUT2D eigenvalue weighted by atomic mass is 10.1. The highest BCUT2D eigenvalue weighted by Crippen LogP contribution is 2.29. The smallest absolute Gasteiger partial charge is 0.170 e. The zero-order valence-electron chi connectivity index (χ0n) is 9.40. The van der Waals surface area contributed by atoms with Crippen molar-refractivity contribution in [1.29, 1.82) is 0 Å². The van der Waals surface area contributed by atoms with Crippen LogP contribution in [-0.4, -0.2) is 17.6 Å². The molecule has 1 saturated carbocycles. The Balaban J connectivity index is 1.97. The fourth-order valence-electron chi connectivity index (χ4n) is 1.50. The van der Waals surface area contributed by atoms with Crippen molar-refractivity contribution in [3.05, 3.63) is 34.3 Å². The first-order valence-electron chi connectivity index (χ1n) is 5.54. The Morgan fingerprint density at radius 2 is 2.29 bits per heavy atom. The Morgan fingerprint density at radius 3 is 2.88 bits per heavy atom. The standard InChI is InChI=1S/C12H15ClN2O2/c13-11-5-9(12(14)15-16)3-4-10(11)7-17-6-8-1-2-8/h3-5,8,16H,1-2,6-7H2,(H2,14,15). The van der Waals surface area contributed by atoms with Crippen LogP contribution in [0.3, 0.4) is 0 Å². The van der Waals surface area contributed by atoms with Crippen molar-refractivity contribution in [2.45, 2.75) is 19.4 Å². The molecule has 5 heteroatoms. The number of rotatable bonds is 5. The second-order valence-electron chi connectivity index (χ2n) is 4.25. The lowest BCUT2D eigenvalue weighted by Crippen LogP contribution is -2.13. The predicted molar refractivity (Wildman–Crippen MR) is 66.3 cm³/mol. The van der Waals surface area contributed by atoms with Gasteiger partial charge >= 0.3 is 0 Å². The molecule has 0 radical (unpaired) electrons. The van der Waals surface area contributed by atoms with Crippen LogP contribution in [0.25, 0.3) is 0 Å². The van der Waals surface area contributed by atoms with Gasteiger partial charge in [-0.1, -0.05) is 28.9 Å². The summed E-state index contributed by atoms with van der Waals surface area (Å²) >= 11 is 6.09. The average molecular weight is 255 g/mol. The second-order valence-corrected chi connectivity index (χ2v) is 4.66. The molecule has 0 aromatic heterocycles. The van der Waals surface area contributed by atoms with Crippen LogP contribution in [-0.2, 0) is 11.3 Å². The Hall–Kier alpha value is -1.26. The molecule has 0 aliphatic heterocycles. The van der Waals surface area contributed by atoms with E-state index in [2.05, 4.69) is 5.16 Å². The van der Waals surface area contributed by atoms with E-state index in [9.17, 15) is 0 Å². The van der Waals surface area contributed by atoms with Gasteiger partial charge in [-0.05, 0) is 30.4 Å². The number of amidine groups is 1. The normalized spacial score (nSPS) is 16.2. The zero-order valence-corrected chi connectivity index (χ0v) is 10.2. The fraction of sp³-hybridized carbons (Fsp3) is 0.417. The van der Waals surface area contributed by atoms with Gasteiger partial charge in [0.1, 0.15) is 0 Å². The van der Waals surface area contributed by atoms with Crippen molar-refractivity contribution in [3.8, 4) is 0 Å². The summed E-state index contributed by atoms with van der Waals surface area (Å²) < 4.78 is 5.56.